The van der Waals surface area contributed by atoms with Crippen LogP contribution in [0, 0.1) is 11.8 Å². The maximum Gasteiger partial charge on any atom is 0.328 e. The average Bonchev–Trinajstić information content (AvgIpc) is 2.18. The molecule has 0 amide bonds. The lowest BCUT2D eigenvalue weighted by molar-refractivity contribution is 0.639. The van der Waals surface area contributed by atoms with E-state index in [1.807, 2.05) is 0 Å². The maximum absolute atomic E-state index is 11.4. The van der Waals surface area contributed by atoms with Crippen LogP contribution in [0.25, 0.3) is 0 Å². The molecule has 0 radical (unpaired) electrons. The fourth-order valence-electron chi connectivity index (χ4n) is 0.982. The van der Waals surface area contributed by atoms with Crippen LogP contribution >= 0.6 is 15.9 Å². The second-order valence-corrected chi connectivity index (χ2v) is 3.43. The highest BCUT2D eigenvalue weighted by molar-refractivity contribution is 9.10. The number of aromatic nitrogens is 2. The minimum atomic E-state index is -0.406. The number of aromatic amines is 1. The van der Waals surface area contributed by atoms with Crippen molar-refractivity contribution in [2.75, 3.05) is 0 Å². The van der Waals surface area contributed by atoms with Gasteiger partial charge in [0.2, 0.25) is 0 Å². The lowest BCUT2D eigenvalue weighted by Gasteiger charge is -2.00. The fraction of sp³-hybridized carbons (Fsp3) is 0.333. The fourth-order valence-corrected chi connectivity index (χ4v) is 1.31. The van der Waals surface area contributed by atoms with Crippen molar-refractivity contribution in [1.29, 1.82) is 0 Å². The normalized spacial score (nSPS) is 9.29. The van der Waals surface area contributed by atoms with Gasteiger partial charge in [0.25, 0.3) is 5.56 Å². The molecule has 0 atom stereocenters. The molecule has 0 aliphatic rings. The molecular formula is C9H9BrN2O2. The Kier molecular flexibility index (Phi) is 3.72. The van der Waals surface area contributed by atoms with E-state index < -0.39 is 5.69 Å². The van der Waals surface area contributed by atoms with Crippen LogP contribution in [0.5, 0.6) is 0 Å². The Bertz CT molecular complexity index is 490. The summed E-state index contributed by atoms with van der Waals surface area (Å²) >= 11 is 3.05. The van der Waals surface area contributed by atoms with Crippen molar-refractivity contribution in [2.24, 2.45) is 0 Å². The molecule has 1 heterocycles. The predicted molar refractivity (Wildman–Crippen MR) is 57.1 cm³/mol. The standard InChI is InChI=1S/C9H9BrN2O2/c1-2-3-4-5-12-8(13)7(10)6-11-9(12)14/h6H,4-5H2,1H3,(H,11,14). The van der Waals surface area contributed by atoms with Gasteiger partial charge in [0.1, 0.15) is 0 Å². The summed E-state index contributed by atoms with van der Waals surface area (Å²) in [5.41, 5.74) is -0.734. The van der Waals surface area contributed by atoms with Crippen molar-refractivity contribution in [1.82, 2.24) is 9.55 Å². The van der Waals surface area contributed by atoms with Gasteiger partial charge in [-0.1, -0.05) is 0 Å². The number of nitrogens with one attached hydrogen (secondary N) is 1. The summed E-state index contributed by atoms with van der Waals surface area (Å²) in [5.74, 6) is 5.49. The molecular weight excluding hydrogens is 248 g/mol. The predicted octanol–water partition coefficient (Wildman–Crippen LogP) is 0.712. The third-order valence-electron chi connectivity index (χ3n) is 1.65. The Morgan fingerprint density at radius 2 is 2.29 bits per heavy atom. The zero-order valence-corrected chi connectivity index (χ0v) is 9.22. The third-order valence-corrected chi connectivity index (χ3v) is 2.22. The minimum absolute atomic E-state index is 0.314. The summed E-state index contributed by atoms with van der Waals surface area (Å²) in [7, 11) is 0. The minimum Gasteiger partial charge on any atom is -0.313 e. The van der Waals surface area contributed by atoms with Gasteiger partial charge in [0.15, 0.2) is 0 Å². The lowest BCUT2D eigenvalue weighted by atomic mass is 10.4. The zero-order chi connectivity index (χ0) is 10.6. The van der Waals surface area contributed by atoms with Crippen molar-refractivity contribution in [3.8, 4) is 11.8 Å². The number of nitrogens with zero attached hydrogens (tertiary/aromatic N) is 1. The highest BCUT2D eigenvalue weighted by Gasteiger charge is 2.03. The average molecular weight is 257 g/mol. The van der Waals surface area contributed by atoms with Crippen molar-refractivity contribution in [3.05, 3.63) is 31.5 Å². The van der Waals surface area contributed by atoms with E-state index in [-0.39, 0.29) is 5.56 Å². The molecule has 0 saturated heterocycles. The van der Waals surface area contributed by atoms with Gasteiger partial charge in [-0.25, -0.2) is 4.79 Å². The molecule has 4 nitrogen and oxygen atoms in total. The van der Waals surface area contributed by atoms with Crippen LogP contribution < -0.4 is 11.2 Å². The smallest absolute Gasteiger partial charge is 0.313 e. The van der Waals surface area contributed by atoms with E-state index in [0.717, 1.165) is 4.57 Å². The summed E-state index contributed by atoms with van der Waals surface area (Å²) in [5, 5.41) is 0. The van der Waals surface area contributed by atoms with E-state index in [1.165, 1.54) is 6.20 Å². The van der Waals surface area contributed by atoms with E-state index >= 15 is 0 Å². The van der Waals surface area contributed by atoms with Crippen LogP contribution in [0.4, 0.5) is 0 Å². The molecule has 14 heavy (non-hydrogen) atoms. The number of H-pyrrole nitrogens is 1. The highest BCUT2D eigenvalue weighted by Crippen LogP contribution is 1.96. The van der Waals surface area contributed by atoms with E-state index in [1.54, 1.807) is 6.92 Å². The van der Waals surface area contributed by atoms with Gasteiger partial charge in [0.05, 0.1) is 4.47 Å². The Morgan fingerprint density at radius 1 is 1.57 bits per heavy atom. The van der Waals surface area contributed by atoms with Gasteiger partial charge in [-0.2, -0.15) is 0 Å². The second-order valence-electron chi connectivity index (χ2n) is 2.58. The van der Waals surface area contributed by atoms with Gasteiger partial charge >= 0.3 is 5.69 Å². The molecule has 0 bridgehead atoms. The maximum atomic E-state index is 11.4. The van der Waals surface area contributed by atoms with Gasteiger partial charge in [-0.15, -0.1) is 11.8 Å². The Hall–Kier alpha value is -1.28. The Labute approximate surface area is 89.1 Å². The van der Waals surface area contributed by atoms with Crippen molar-refractivity contribution in [2.45, 2.75) is 19.9 Å². The second kappa shape index (κ2) is 4.82. The van der Waals surface area contributed by atoms with Gasteiger partial charge in [-0.3, -0.25) is 9.36 Å². The summed E-state index contributed by atoms with van der Waals surface area (Å²) < 4.78 is 1.47. The molecule has 5 heteroatoms. The molecule has 1 rings (SSSR count). The van der Waals surface area contributed by atoms with E-state index in [0.29, 0.717) is 17.4 Å². The molecule has 1 aromatic heterocycles. The first-order chi connectivity index (χ1) is 6.66. The molecule has 0 aliphatic carbocycles. The summed E-state index contributed by atoms with van der Waals surface area (Å²) in [4.78, 5) is 25.1. The van der Waals surface area contributed by atoms with Gasteiger partial charge in [0, 0.05) is 19.2 Å². The number of rotatable bonds is 2. The Morgan fingerprint density at radius 3 is 2.93 bits per heavy atom. The quantitative estimate of drug-likeness (QED) is 0.793. The van der Waals surface area contributed by atoms with E-state index in [9.17, 15) is 9.59 Å². The van der Waals surface area contributed by atoms with Gasteiger partial charge < -0.3 is 4.98 Å². The topological polar surface area (TPSA) is 54.9 Å². The lowest BCUT2D eigenvalue weighted by Crippen LogP contribution is -2.34. The molecule has 0 saturated carbocycles. The van der Waals surface area contributed by atoms with Crippen LogP contribution in [0.1, 0.15) is 13.3 Å². The van der Waals surface area contributed by atoms with Crippen LogP contribution in [0.15, 0.2) is 20.3 Å². The van der Waals surface area contributed by atoms with Crippen molar-refractivity contribution in [3.63, 3.8) is 0 Å². The zero-order valence-electron chi connectivity index (χ0n) is 7.63. The van der Waals surface area contributed by atoms with Crippen molar-refractivity contribution < 1.29 is 0 Å². The first kappa shape index (κ1) is 10.8. The van der Waals surface area contributed by atoms with E-state index in [2.05, 4.69) is 32.8 Å². The molecule has 0 fully saturated rings. The highest BCUT2D eigenvalue weighted by atomic mass is 79.9. The molecule has 0 aliphatic heterocycles. The molecule has 0 spiro atoms. The third kappa shape index (κ3) is 2.36. The van der Waals surface area contributed by atoms with E-state index in [4.69, 9.17) is 0 Å². The molecule has 1 N–H and O–H groups in total. The largest absolute Gasteiger partial charge is 0.328 e. The summed E-state index contributed by atoms with van der Waals surface area (Å²) in [6.45, 7) is 2.03. The van der Waals surface area contributed by atoms with Crippen molar-refractivity contribution >= 4 is 15.9 Å². The van der Waals surface area contributed by atoms with Crippen LogP contribution in [-0.4, -0.2) is 9.55 Å². The van der Waals surface area contributed by atoms with Gasteiger partial charge in [-0.05, 0) is 22.9 Å². The van der Waals surface area contributed by atoms with Crippen LogP contribution in [0.3, 0.4) is 0 Å². The number of halogens is 1. The SMILES string of the molecule is CC#CCCn1c(=O)[nH]cc(Br)c1=O. The summed E-state index contributed by atoms with van der Waals surface area (Å²) in [6, 6.07) is 0. The Balaban J connectivity index is 3.05. The molecule has 0 aromatic carbocycles. The first-order valence-corrected chi connectivity index (χ1v) is 4.83. The van der Waals surface area contributed by atoms with Crippen LogP contribution in [0.2, 0.25) is 0 Å². The number of hydrogen-bond acceptors (Lipinski definition) is 2. The summed E-state index contributed by atoms with van der Waals surface area (Å²) in [6.07, 6.45) is 1.84. The van der Waals surface area contributed by atoms with Crippen LogP contribution in [-0.2, 0) is 6.54 Å². The monoisotopic (exact) mass is 256 g/mol. The first-order valence-electron chi connectivity index (χ1n) is 4.04. The molecule has 74 valence electrons. The number of hydrogen-bond donors (Lipinski definition) is 1. The molecule has 0 unspecified atom stereocenters. The molecule has 1 aromatic rings.